The molecule has 0 rings (SSSR count). The Balaban J connectivity index is 4.66. The third kappa shape index (κ3) is 5.78. The van der Waals surface area contributed by atoms with Crippen LogP contribution in [0.2, 0.25) is 0 Å². The third-order valence-electron chi connectivity index (χ3n) is 2.56. The molecule has 0 heterocycles. The van der Waals surface area contributed by atoms with Crippen LogP contribution in [0.25, 0.3) is 0 Å². The highest BCUT2D eigenvalue weighted by atomic mass is 32.2. The number of hydrogen-bond donors (Lipinski definition) is 0. The zero-order valence-electron chi connectivity index (χ0n) is 11.4. The second-order valence-electron chi connectivity index (χ2n) is 3.98. The van der Waals surface area contributed by atoms with E-state index in [1.165, 1.54) is 15.7 Å². The van der Waals surface area contributed by atoms with Crippen molar-refractivity contribution in [2.75, 3.05) is 40.4 Å². The molecule has 6 nitrogen and oxygen atoms in total. The molecule has 0 aliphatic heterocycles. The van der Waals surface area contributed by atoms with Crippen molar-refractivity contribution in [1.29, 1.82) is 5.26 Å². The van der Waals surface area contributed by atoms with Gasteiger partial charge in [-0.25, -0.2) is 0 Å². The SMILES string of the molecule is CCCCN(C)S(=O)(=O)N(CCC#N)CCOC. The largest absolute Gasteiger partial charge is 0.383 e. The van der Waals surface area contributed by atoms with Gasteiger partial charge in [-0.15, -0.1) is 0 Å². The molecule has 0 N–H and O–H groups in total. The van der Waals surface area contributed by atoms with Crippen LogP contribution in [0.3, 0.4) is 0 Å². The molecule has 0 aliphatic carbocycles. The fourth-order valence-corrected chi connectivity index (χ4v) is 2.78. The lowest BCUT2D eigenvalue weighted by atomic mass is 10.3. The Hall–Kier alpha value is -0.680. The van der Waals surface area contributed by atoms with Gasteiger partial charge in [0.2, 0.25) is 0 Å². The summed E-state index contributed by atoms with van der Waals surface area (Å²) in [7, 11) is -0.392. The van der Waals surface area contributed by atoms with Crippen molar-refractivity contribution in [2.45, 2.75) is 26.2 Å². The lowest BCUT2D eigenvalue weighted by Crippen LogP contribution is -2.44. The summed E-state index contributed by atoms with van der Waals surface area (Å²) in [6, 6.07) is 1.96. The van der Waals surface area contributed by atoms with Gasteiger partial charge in [0.05, 0.1) is 12.7 Å². The number of ether oxygens (including phenoxy) is 1. The quantitative estimate of drug-likeness (QED) is 0.592. The van der Waals surface area contributed by atoms with E-state index in [2.05, 4.69) is 0 Å². The van der Waals surface area contributed by atoms with Gasteiger partial charge in [0.15, 0.2) is 0 Å². The minimum Gasteiger partial charge on any atom is -0.383 e. The highest BCUT2D eigenvalue weighted by molar-refractivity contribution is 7.86. The average Bonchev–Trinajstić information content (AvgIpc) is 2.35. The van der Waals surface area contributed by atoms with Crippen LogP contribution in [0.4, 0.5) is 0 Å². The molecule has 0 amide bonds. The molecule has 0 spiro atoms. The van der Waals surface area contributed by atoms with E-state index < -0.39 is 10.2 Å². The molecule has 18 heavy (non-hydrogen) atoms. The molecule has 7 heteroatoms. The second kappa shape index (κ2) is 9.28. The molecule has 0 saturated heterocycles. The van der Waals surface area contributed by atoms with Gasteiger partial charge in [0.25, 0.3) is 10.2 Å². The summed E-state index contributed by atoms with van der Waals surface area (Å²) in [5.41, 5.74) is 0. The van der Waals surface area contributed by atoms with Crippen molar-refractivity contribution in [3.8, 4) is 6.07 Å². The van der Waals surface area contributed by atoms with Crippen LogP contribution in [0.5, 0.6) is 0 Å². The highest BCUT2D eigenvalue weighted by Crippen LogP contribution is 2.08. The molecule has 0 aliphatic rings. The summed E-state index contributed by atoms with van der Waals surface area (Å²) < 4.78 is 32.0. The van der Waals surface area contributed by atoms with E-state index in [9.17, 15) is 8.42 Å². The molecular weight excluding hydrogens is 254 g/mol. The van der Waals surface area contributed by atoms with E-state index in [4.69, 9.17) is 10.00 Å². The molecule has 0 radical (unpaired) electrons. The molecule has 0 unspecified atom stereocenters. The maximum absolute atomic E-state index is 12.2. The first-order valence-electron chi connectivity index (χ1n) is 6.08. The highest BCUT2D eigenvalue weighted by Gasteiger charge is 2.25. The maximum atomic E-state index is 12.2. The molecular formula is C11H23N3O3S. The van der Waals surface area contributed by atoms with Gasteiger partial charge in [-0.1, -0.05) is 13.3 Å². The monoisotopic (exact) mass is 277 g/mol. The standard InChI is InChI=1S/C11H23N3O3S/c1-4-5-8-13(2)18(15,16)14(9-6-7-12)10-11-17-3/h4-6,8-11H2,1-3H3. The van der Waals surface area contributed by atoms with Gasteiger partial charge in [-0.2, -0.15) is 22.3 Å². The van der Waals surface area contributed by atoms with Gasteiger partial charge in [0, 0.05) is 40.2 Å². The predicted octanol–water partition coefficient (Wildman–Crippen LogP) is 0.825. The molecule has 0 saturated carbocycles. The van der Waals surface area contributed by atoms with E-state index >= 15 is 0 Å². The van der Waals surface area contributed by atoms with E-state index in [1.54, 1.807) is 7.05 Å². The number of rotatable bonds is 10. The molecule has 0 aromatic rings. The molecule has 0 fully saturated rings. The van der Waals surface area contributed by atoms with Crippen LogP contribution in [0.1, 0.15) is 26.2 Å². The fraction of sp³-hybridized carbons (Fsp3) is 0.909. The minimum absolute atomic E-state index is 0.185. The fourth-order valence-electron chi connectivity index (χ4n) is 1.40. The number of methoxy groups -OCH3 is 1. The topological polar surface area (TPSA) is 73.6 Å². The van der Waals surface area contributed by atoms with Gasteiger partial charge in [0.1, 0.15) is 0 Å². The zero-order chi connectivity index (χ0) is 14.0. The van der Waals surface area contributed by atoms with Crippen molar-refractivity contribution in [2.24, 2.45) is 0 Å². The Morgan fingerprint density at radius 3 is 2.44 bits per heavy atom. The Morgan fingerprint density at radius 2 is 1.94 bits per heavy atom. The van der Waals surface area contributed by atoms with Gasteiger partial charge in [-0.3, -0.25) is 0 Å². The van der Waals surface area contributed by atoms with Crippen LogP contribution < -0.4 is 0 Å². The smallest absolute Gasteiger partial charge is 0.281 e. The molecule has 0 atom stereocenters. The van der Waals surface area contributed by atoms with E-state index in [0.29, 0.717) is 13.2 Å². The number of hydrogen-bond acceptors (Lipinski definition) is 4. The lowest BCUT2D eigenvalue weighted by Gasteiger charge is -2.26. The van der Waals surface area contributed by atoms with Crippen molar-refractivity contribution in [3.63, 3.8) is 0 Å². The number of nitrogens with zero attached hydrogens (tertiary/aromatic N) is 3. The first kappa shape index (κ1) is 17.3. The summed E-state index contributed by atoms with van der Waals surface area (Å²) in [5.74, 6) is 0. The Labute approximate surface area is 110 Å². The number of unbranched alkanes of at least 4 members (excludes halogenated alkanes) is 1. The van der Waals surface area contributed by atoms with Crippen molar-refractivity contribution < 1.29 is 13.2 Å². The van der Waals surface area contributed by atoms with Crippen LogP contribution >= 0.6 is 0 Å². The third-order valence-corrected chi connectivity index (χ3v) is 4.55. The Bertz CT molecular complexity index is 351. The summed E-state index contributed by atoms with van der Waals surface area (Å²) >= 11 is 0. The van der Waals surface area contributed by atoms with Crippen LogP contribution in [0, 0.1) is 11.3 Å². The van der Waals surface area contributed by atoms with E-state index in [0.717, 1.165) is 12.8 Å². The molecule has 0 bridgehead atoms. The minimum atomic E-state index is -3.48. The van der Waals surface area contributed by atoms with Crippen molar-refractivity contribution in [3.05, 3.63) is 0 Å². The van der Waals surface area contributed by atoms with Crippen LogP contribution in [-0.4, -0.2) is 57.4 Å². The van der Waals surface area contributed by atoms with E-state index in [1.807, 2.05) is 13.0 Å². The molecule has 0 aromatic heterocycles. The number of nitriles is 1. The van der Waals surface area contributed by atoms with E-state index in [-0.39, 0.29) is 19.5 Å². The average molecular weight is 277 g/mol. The Morgan fingerprint density at radius 1 is 1.28 bits per heavy atom. The van der Waals surface area contributed by atoms with Crippen LogP contribution in [-0.2, 0) is 14.9 Å². The molecule has 0 aromatic carbocycles. The summed E-state index contributed by atoms with van der Waals surface area (Å²) in [5, 5.41) is 8.57. The summed E-state index contributed by atoms with van der Waals surface area (Å²) in [6.45, 7) is 3.32. The summed E-state index contributed by atoms with van der Waals surface area (Å²) in [4.78, 5) is 0. The van der Waals surface area contributed by atoms with Gasteiger partial charge in [-0.05, 0) is 6.42 Å². The first-order chi connectivity index (χ1) is 8.50. The lowest BCUT2D eigenvalue weighted by molar-refractivity contribution is 0.177. The van der Waals surface area contributed by atoms with Gasteiger partial charge >= 0.3 is 0 Å². The van der Waals surface area contributed by atoms with Crippen LogP contribution in [0.15, 0.2) is 0 Å². The van der Waals surface area contributed by atoms with Crippen molar-refractivity contribution >= 4 is 10.2 Å². The van der Waals surface area contributed by atoms with Gasteiger partial charge < -0.3 is 4.74 Å². The molecule has 106 valence electrons. The summed E-state index contributed by atoms with van der Waals surface area (Å²) in [6.07, 6.45) is 1.95. The predicted molar refractivity (Wildman–Crippen MR) is 70.1 cm³/mol. The first-order valence-corrected chi connectivity index (χ1v) is 7.47. The maximum Gasteiger partial charge on any atom is 0.281 e. The zero-order valence-corrected chi connectivity index (χ0v) is 12.2. The normalized spacial score (nSPS) is 12.0. The van der Waals surface area contributed by atoms with Crippen molar-refractivity contribution in [1.82, 2.24) is 8.61 Å². The Kier molecular flexibility index (Phi) is 8.93. The second-order valence-corrected chi connectivity index (χ2v) is 6.02.